The minimum absolute atomic E-state index is 0.116. The van der Waals surface area contributed by atoms with E-state index in [0.717, 1.165) is 29.7 Å². The maximum Gasteiger partial charge on any atom is 0.133 e. The highest BCUT2D eigenvalue weighted by Crippen LogP contribution is 2.26. The summed E-state index contributed by atoms with van der Waals surface area (Å²) in [6, 6.07) is 6.19. The minimum Gasteiger partial charge on any atom is -0.490 e. The molecule has 0 amide bonds. The Morgan fingerprint density at radius 2 is 1.95 bits per heavy atom. The monoisotopic (exact) mass is 343 g/mol. The van der Waals surface area contributed by atoms with Gasteiger partial charge in [0.15, 0.2) is 0 Å². The molecule has 0 fully saturated rings. The van der Waals surface area contributed by atoms with Crippen LogP contribution in [0.25, 0.3) is 0 Å². The number of hydrogen-bond acceptors (Lipinski definition) is 3. The van der Waals surface area contributed by atoms with Crippen LogP contribution in [0.1, 0.15) is 39.7 Å². The first kappa shape index (κ1) is 17.5. The molecule has 0 saturated carbocycles. The molecular weight excluding hydrogens is 318 g/mol. The Labute approximate surface area is 131 Å². The van der Waals surface area contributed by atoms with E-state index in [9.17, 15) is 0 Å². The molecule has 0 aliphatic carbocycles. The molecule has 0 aliphatic rings. The molecule has 0 saturated heterocycles. The van der Waals surface area contributed by atoms with Gasteiger partial charge in [-0.05, 0) is 67.4 Å². The molecule has 1 aromatic carbocycles. The summed E-state index contributed by atoms with van der Waals surface area (Å²) in [5.41, 5.74) is 1.14. The van der Waals surface area contributed by atoms with Gasteiger partial charge < -0.3 is 14.8 Å². The van der Waals surface area contributed by atoms with Crippen LogP contribution in [0.2, 0.25) is 0 Å². The lowest BCUT2D eigenvalue weighted by molar-refractivity contribution is -0.0163. The van der Waals surface area contributed by atoms with E-state index in [-0.39, 0.29) is 5.60 Å². The van der Waals surface area contributed by atoms with Crippen LogP contribution in [-0.4, -0.2) is 25.4 Å². The van der Waals surface area contributed by atoms with E-state index in [0.29, 0.717) is 13.2 Å². The lowest BCUT2D eigenvalue weighted by Crippen LogP contribution is -2.22. The fraction of sp³-hybridized carbons (Fsp3) is 0.625. The number of nitrogens with one attached hydrogen (secondary N) is 1. The zero-order chi connectivity index (χ0) is 15.0. The molecule has 114 valence electrons. The number of ether oxygens (including phenoxy) is 2. The molecule has 0 radical (unpaired) electrons. The maximum atomic E-state index is 5.72. The Kier molecular flexibility index (Phi) is 7.56. The van der Waals surface area contributed by atoms with E-state index in [1.165, 1.54) is 5.56 Å². The first-order valence-electron chi connectivity index (χ1n) is 7.18. The van der Waals surface area contributed by atoms with Crippen LogP contribution >= 0.6 is 15.9 Å². The molecule has 4 heteroatoms. The van der Waals surface area contributed by atoms with Gasteiger partial charge in [0, 0.05) is 6.54 Å². The molecule has 1 rings (SSSR count). The van der Waals surface area contributed by atoms with Crippen LogP contribution in [0.5, 0.6) is 5.75 Å². The molecule has 0 unspecified atom stereocenters. The molecule has 0 atom stereocenters. The van der Waals surface area contributed by atoms with E-state index in [4.69, 9.17) is 9.47 Å². The van der Waals surface area contributed by atoms with E-state index in [1.54, 1.807) is 0 Å². The van der Waals surface area contributed by atoms with Crippen LogP contribution in [0, 0.1) is 0 Å². The molecule has 1 aromatic rings. The van der Waals surface area contributed by atoms with Crippen molar-refractivity contribution in [3.05, 3.63) is 28.2 Å². The Morgan fingerprint density at radius 3 is 2.55 bits per heavy atom. The SMILES string of the molecule is CCCNCc1ccc(OCCOC(C)(C)C)c(Br)c1. The minimum atomic E-state index is -0.116. The molecular formula is C16H26BrNO2. The van der Waals surface area contributed by atoms with Gasteiger partial charge in [-0.1, -0.05) is 13.0 Å². The van der Waals surface area contributed by atoms with Crippen LogP contribution < -0.4 is 10.1 Å². The molecule has 0 aromatic heterocycles. The zero-order valence-corrected chi connectivity index (χ0v) is 14.5. The van der Waals surface area contributed by atoms with Crippen LogP contribution in [-0.2, 0) is 11.3 Å². The van der Waals surface area contributed by atoms with E-state index in [1.807, 2.05) is 26.8 Å². The van der Waals surface area contributed by atoms with E-state index < -0.39 is 0 Å². The highest BCUT2D eigenvalue weighted by Gasteiger charge is 2.09. The summed E-state index contributed by atoms with van der Waals surface area (Å²) >= 11 is 3.55. The standard InChI is InChI=1S/C16H26BrNO2/c1-5-8-18-12-13-6-7-15(14(17)11-13)19-9-10-20-16(2,3)4/h6-7,11,18H,5,8-10,12H2,1-4H3. The average molecular weight is 344 g/mol. The normalized spacial score (nSPS) is 11.7. The van der Waals surface area contributed by atoms with Crippen LogP contribution in [0.3, 0.4) is 0 Å². The van der Waals surface area contributed by atoms with Gasteiger partial charge in [0.05, 0.1) is 16.7 Å². The van der Waals surface area contributed by atoms with Crippen molar-refractivity contribution in [3.63, 3.8) is 0 Å². The predicted octanol–water partition coefficient (Wildman–Crippen LogP) is 4.14. The van der Waals surface area contributed by atoms with Gasteiger partial charge in [0.25, 0.3) is 0 Å². The summed E-state index contributed by atoms with van der Waals surface area (Å²) in [6.45, 7) is 11.4. The topological polar surface area (TPSA) is 30.5 Å². The van der Waals surface area contributed by atoms with Crippen LogP contribution in [0.4, 0.5) is 0 Å². The predicted molar refractivity (Wildman–Crippen MR) is 87.3 cm³/mol. The van der Waals surface area contributed by atoms with Crippen molar-refractivity contribution in [1.29, 1.82) is 0 Å². The van der Waals surface area contributed by atoms with Gasteiger partial charge in [0.2, 0.25) is 0 Å². The highest BCUT2D eigenvalue weighted by atomic mass is 79.9. The largest absolute Gasteiger partial charge is 0.490 e. The first-order valence-corrected chi connectivity index (χ1v) is 7.97. The molecule has 1 N–H and O–H groups in total. The molecule has 0 heterocycles. The van der Waals surface area contributed by atoms with E-state index in [2.05, 4.69) is 40.3 Å². The van der Waals surface area contributed by atoms with Gasteiger partial charge >= 0.3 is 0 Å². The summed E-state index contributed by atoms with van der Waals surface area (Å²) in [5.74, 6) is 0.863. The fourth-order valence-electron chi connectivity index (χ4n) is 1.68. The summed E-state index contributed by atoms with van der Waals surface area (Å²) in [6.07, 6.45) is 1.15. The zero-order valence-electron chi connectivity index (χ0n) is 13.0. The average Bonchev–Trinajstić information content (AvgIpc) is 2.36. The van der Waals surface area contributed by atoms with Crippen molar-refractivity contribution < 1.29 is 9.47 Å². The summed E-state index contributed by atoms with van der Waals surface area (Å²) < 4.78 is 12.3. The van der Waals surface area contributed by atoms with Gasteiger partial charge in [-0.15, -0.1) is 0 Å². The molecule has 0 spiro atoms. The third kappa shape index (κ3) is 7.27. The Balaban J connectivity index is 2.39. The third-order valence-electron chi connectivity index (χ3n) is 2.63. The Hall–Kier alpha value is -0.580. The number of halogens is 1. The van der Waals surface area contributed by atoms with Gasteiger partial charge in [-0.3, -0.25) is 0 Å². The van der Waals surface area contributed by atoms with Crippen molar-refractivity contribution in [2.45, 2.75) is 46.3 Å². The quantitative estimate of drug-likeness (QED) is 0.719. The number of benzene rings is 1. The molecule has 0 aliphatic heterocycles. The Morgan fingerprint density at radius 1 is 1.20 bits per heavy atom. The first-order chi connectivity index (χ1) is 9.42. The fourth-order valence-corrected chi connectivity index (χ4v) is 2.22. The van der Waals surface area contributed by atoms with Gasteiger partial charge in [-0.2, -0.15) is 0 Å². The molecule has 0 bridgehead atoms. The smallest absolute Gasteiger partial charge is 0.133 e. The highest BCUT2D eigenvalue weighted by molar-refractivity contribution is 9.10. The number of rotatable bonds is 8. The maximum absolute atomic E-state index is 5.72. The molecule has 20 heavy (non-hydrogen) atoms. The third-order valence-corrected chi connectivity index (χ3v) is 3.25. The van der Waals surface area contributed by atoms with Gasteiger partial charge in [-0.25, -0.2) is 0 Å². The second kappa shape index (κ2) is 8.65. The Bertz CT molecular complexity index is 402. The summed E-state index contributed by atoms with van der Waals surface area (Å²) in [7, 11) is 0. The summed E-state index contributed by atoms with van der Waals surface area (Å²) in [5, 5.41) is 3.39. The van der Waals surface area contributed by atoms with Gasteiger partial charge in [0.1, 0.15) is 12.4 Å². The van der Waals surface area contributed by atoms with Crippen LogP contribution in [0.15, 0.2) is 22.7 Å². The second-order valence-corrected chi connectivity index (χ2v) is 6.61. The van der Waals surface area contributed by atoms with Crippen molar-refractivity contribution in [2.24, 2.45) is 0 Å². The van der Waals surface area contributed by atoms with Crippen molar-refractivity contribution in [3.8, 4) is 5.75 Å². The lowest BCUT2D eigenvalue weighted by atomic mass is 10.2. The van der Waals surface area contributed by atoms with E-state index >= 15 is 0 Å². The summed E-state index contributed by atoms with van der Waals surface area (Å²) in [4.78, 5) is 0. The number of hydrogen-bond donors (Lipinski definition) is 1. The lowest BCUT2D eigenvalue weighted by Gasteiger charge is -2.19. The van der Waals surface area contributed by atoms with Crippen molar-refractivity contribution in [1.82, 2.24) is 5.32 Å². The second-order valence-electron chi connectivity index (χ2n) is 5.75. The van der Waals surface area contributed by atoms with Crippen molar-refractivity contribution >= 4 is 15.9 Å². The van der Waals surface area contributed by atoms with Crippen molar-refractivity contribution in [2.75, 3.05) is 19.8 Å². The molecule has 3 nitrogen and oxygen atoms in total.